The molecule has 0 unspecified atom stereocenters. The summed E-state index contributed by atoms with van der Waals surface area (Å²) in [5.41, 5.74) is 0.592. The van der Waals surface area contributed by atoms with E-state index in [0.29, 0.717) is 50.5 Å². The van der Waals surface area contributed by atoms with Gasteiger partial charge in [0, 0.05) is 38.3 Å². The van der Waals surface area contributed by atoms with Gasteiger partial charge in [0.25, 0.3) is 5.91 Å². The van der Waals surface area contributed by atoms with Crippen molar-refractivity contribution in [2.24, 2.45) is 0 Å². The molecule has 0 spiro atoms. The highest BCUT2D eigenvalue weighted by atomic mass is 16.5. The quantitative estimate of drug-likeness (QED) is 0.794. The van der Waals surface area contributed by atoms with Crippen LogP contribution in [0.15, 0.2) is 24.3 Å². The Morgan fingerprint density at radius 2 is 1.92 bits per heavy atom. The molecule has 0 bridgehead atoms. The first-order valence-electron chi connectivity index (χ1n) is 8.22. The maximum Gasteiger partial charge on any atom is 0.254 e. The Kier molecular flexibility index (Phi) is 5.01. The zero-order valence-electron chi connectivity index (χ0n) is 13.8. The molecule has 2 saturated heterocycles. The Bertz CT molecular complexity index is 614. The largest absolute Gasteiger partial charge is 0.497 e. The van der Waals surface area contributed by atoms with Crippen LogP contribution in [0.25, 0.3) is 0 Å². The monoisotopic (exact) mass is 333 g/mol. The molecule has 3 rings (SSSR count). The van der Waals surface area contributed by atoms with Gasteiger partial charge in [-0.2, -0.15) is 0 Å². The highest BCUT2D eigenvalue weighted by Crippen LogP contribution is 2.16. The lowest BCUT2D eigenvalue weighted by molar-refractivity contribution is -0.134. The fourth-order valence-electron chi connectivity index (χ4n) is 3.19. The number of aliphatic hydroxyl groups is 1. The number of hydrogen-bond donors (Lipinski definition) is 2. The van der Waals surface area contributed by atoms with Gasteiger partial charge in [0.05, 0.1) is 19.3 Å². The molecular weight excluding hydrogens is 310 g/mol. The van der Waals surface area contributed by atoms with Gasteiger partial charge in [-0.25, -0.2) is 0 Å². The third kappa shape index (κ3) is 3.52. The smallest absolute Gasteiger partial charge is 0.254 e. The molecule has 2 atom stereocenters. The Hall–Kier alpha value is -2.12. The predicted molar refractivity (Wildman–Crippen MR) is 87.9 cm³/mol. The SMILES string of the molecule is COc1cccc(C(=O)N2CCN(C(=O)[C@@H]3C[C@@H](O)CN3)CC2)c1. The van der Waals surface area contributed by atoms with Crippen molar-refractivity contribution < 1.29 is 19.4 Å². The summed E-state index contributed by atoms with van der Waals surface area (Å²) in [5, 5.41) is 12.6. The zero-order valence-corrected chi connectivity index (χ0v) is 13.8. The summed E-state index contributed by atoms with van der Waals surface area (Å²) in [6.45, 7) is 2.52. The summed E-state index contributed by atoms with van der Waals surface area (Å²) in [4.78, 5) is 28.5. The molecule has 2 amide bonds. The van der Waals surface area contributed by atoms with Gasteiger partial charge in [-0.15, -0.1) is 0 Å². The van der Waals surface area contributed by atoms with Crippen LogP contribution in [0, 0.1) is 0 Å². The molecule has 0 aromatic heterocycles. The van der Waals surface area contributed by atoms with Crippen molar-refractivity contribution in [3.8, 4) is 5.75 Å². The van der Waals surface area contributed by atoms with E-state index in [9.17, 15) is 14.7 Å². The van der Waals surface area contributed by atoms with Crippen LogP contribution in [-0.4, -0.2) is 78.7 Å². The first kappa shape index (κ1) is 16.7. The average Bonchev–Trinajstić information content (AvgIpc) is 3.07. The number of rotatable bonds is 3. The number of piperazine rings is 1. The molecule has 24 heavy (non-hydrogen) atoms. The van der Waals surface area contributed by atoms with Crippen LogP contribution < -0.4 is 10.1 Å². The minimum atomic E-state index is -0.449. The lowest BCUT2D eigenvalue weighted by Gasteiger charge is -2.36. The van der Waals surface area contributed by atoms with Crippen LogP contribution in [0.2, 0.25) is 0 Å². The molecule has 2 heterocycles. The van der Waals surface area contributed by atoms with Crippen molar-refractivity contribution in [3.63, 3.8) is 0 Å². The number of methoxy groups -OCH3 is 1. The number of ether oxygens (including phenoxy) is 1. The number of hydrogen-bond acceptors (Lipinski definition) is 5. The van der Waals surface area contributed by atoms with Crippen LogP contribution in [0.5, 0.6) is 5.75 Å². The van der Waals surface area contributed by atoms with Gasteiger partial charge in [-0.3, -0.25) is 9.59 Å². The van der Waals surface area contributed by atoms with Crippen LogP contribution in [0.4, 0.5) is 0 Å². The van der Waals surface area contributed by atoms with Crippen LogP contribution in [-0.2, 0) is 4.79 Å². The number of aliphatic hydroxyl groups excluding tert-OH is 1. The van der Waals surface area contributed by atoms with Gasteiger partial charge in [0.15, 0.2) is 0 Å². The Morgan fingerprint density at radius 3 is 2.54 bits per heavy atom. The minimum Gasteiger partial charge on any atom is -0.497 e. The van der Waals surface area contributed by atoms with E-state index in [1.54, 1.807) is 41.2 Å². The molecule has 1 aromatic rings. The average molecular weight is 333 g/mol. The number of β-amino-alcohol motifs (C(OH)–C–C–N with tert-alkyl or cyclic N) is 1. The van der Waals surface area contributed by atoms with E-state index in [4.69, 9.17) is 4.74 Å². The van der Waals surface area contributed by atoms with Crippen LogP contribution in [0.1, 0.15) is 16.8 Å². The molecule has 2 aliphatic heterocycles. The lowest BCUT2D eigenvalue weighted by atomic mass is 10.1. The van der Waals surface area contributed by atoms with E-state index in [1.807, 2.05) is 0 Å². The fourth-order valence-corrected chi connectivity index (χ4v) is 3.19. The molecule has 7 nitrogen and oxygen atoms in total. The second kappa shape index (κ2) is 7.19. The normalized spacial score (nSPS) is 24.1. The van der Waals surface area contributed by atoms with Crippen LogP contribution in [0.3, 0.4) is 0 Å². The summed E-state index contributed by atoms with van der Waals surface area (Å²) in [7, 11) is 1.57. The predicted octanol–water partition coefficient (Wildman–Crippen LogP) is -0.298. The summed E-state index contributed by atoms with van der Waals surface area (Å²) in [6, 6.07) is 6.79. The van der Waals surface area contributed by atoms with Crippen LogP contribution >= 0.6 is 0 Å². The van der Waals surface area contributed by atoms with Gasteiger partial charge < -0.3 is 25.0 Å². The molecule has 0 radical (unpaired) electrons. The van der Waals surface area contributed by atoms with Gasteiger partial charge in [-0.05, 0) is 24.6 Å². The number of carbonyl (C=O) groups is 2. The van der Waals surface area contributed by atoms with Crippen molar-refractivity contribution in [1.82, 2.24) is 15.1 Å². The minimum absolute atomic E-state index is 0.0139. The Balaban J connectivity index is 1.56. The van der Waals surface area contributed by atoms with E-state index < -0.39 is 6.10 Å². The Morgan fingerprint density at radius 1 is 1.21 bits per heavy atom. The molecule has 2 fully saturated rings. The first-order chi connectivity index (χ1) is 11.6. The standard InChI is InChI=1S/C17H23N3O4/c1-24-14-4-2-3-12(9-14)16(22)19-5-7-20(8-6-19)17(23)15-10-13(21)11-18-15/h2-4,9,13,15,18,21H,5-8,10-11H2,1H3/t13-,15+/m1/s1. The summed E-state index contributed by atoms with van der Waals surface area (Å²) < 4.78 is 5.16. The van der Waals surface area contributed by atoms with Gasteiger partial charge in [0.2, 0.25) is 5.91 Å². The maximum atomic E-state index is 12.6. The zero-order chi connectivity index (χ0) is 17.1. The van der Waals surface area contributed by atoms with Crippen molar-refractivity contribution in [2.45, 2.75) is 18.6 Å². The lowest BCUT2D eigenvalue weighted by Crippen LogP contribution is -2.54. The fraction of sp³-hybridized carbons (Fsp3) is 0.529. The topological polar surface area (TPSA) is 82.1 Å². The summed E-state index contributed by atoms with van der Waals surface area (Å²) >= 11 is 0. The first-order valence-corrected chi connectivity index (χ1v) is 8.22. The highest BCUT2D eigenvalue weighted by molar-refractivity contribution is 5.94. The van der Waals surface area contributed by atoms with Gasteiger partial charge in [-0.1, -0.05) is 6.07 Å². The number of amides is 2. The van der Waals surface area contributed by atoms with Crippen molar-refractivity contribution in [3.05, 3.63) is 29.8 Å². The second-order valence-electron chi connectivity index (χ2n) is 6.20. The van der Waals surface area contributed by atoms with Crippen molar-refractivity contribution in [1.29, 1.82) is 0 Å². The molecule has 0 saturated carbocycles. The van der Waals surface area contributed by atoms with Crippen molar-refractivity contribution in [2.75, 3.05) is 39.8 Å². The summed E-state index contributed by atoms with van der Waals surface area (Å²) in [6.07, 6.45) is 0.0109. The molecule has 2 aliphatic rings. The Labute approximate surface area is 141 Å². The number of benzene rings is 1. The van der Waals surface area contributed by atoms with E-state index in [1.165, 1.54) is 0 Å². The number of nitrogens with zero attached hydrogens (tertiary/aromatic N) is 2. The molecule has 1 aromatic carbocycles. The van der Waals surface area contributed by atoms with Gasteiger partial charge in [0.1, 0.15) is 5.75 Å². The van der Waals surface area contributed by atoms with Gasteiger partial charge >= 0.3 is 0 Å². The third-order valence-electron chi connectivity index (χ3n) is 4.60. The molecule has 130 valence electrons. The maximum absolute atomic E-state index is 12.6. The highest BCUT2D eigenvalue weighted by Gasteiger charge is 2.33. The molecule has 0 aliphatic carbocycles. The number of carbonyl (C=O) groups excluding carboxylic acids is 2. The second-order valence-corrected chi connectivity index (χ2v) is 6.20. The van der Waals surface area contributed by atoms with E-state index in [2.05, 4.69) is 5.32 Å². The molecule has 7 heteroatoms. The van der Waals surface area contributed by atoms with E-state index in [-0.39, 0.29) is 17.9 Å². The number of nitrogens with one attached hydrogen (secondary N) is 1. The van der Waals surface area contributed by atoms with Crippen molar-refractivity contribution >= 4 is 11.8 Å². The third-order valence-corrected chi connectivity index (χ3v) is 4.60. The molecular formula is C17H23N3O4. The van der Waals surface area contributed by atoms with E-state index >= 15 is 0 Å². The summed E-state index contributed by atoms with van der Waals surface area (Å²) in [5.74, 6) is 0.621. The van der Waals surface area contributed by atoms with E-state index in [0.717, 1.165) is 0 Å². The molecule has 2 N–H and O–H groups in total.